The first kappa shape index (κ1) is 14.3. The maximum atomic E-state index is 13.5. The number of halogens is 3. The summed E-state index contributed by atoms with van der Waals surface area (Å²) in [5, 5.41) is 2.60. The quantitative estimate of drug-likeness (QED) is 0.829. The second kappa shape index (κ2) is 5.46. The van der Waals surface area contributed by atoms with Gasteiger partial charge >= 0.3 is 0 Å². The minimum Gasteiger partial charge on any atom is -0.396 e. The summed E-state index contributed by atoms with van der Waals surface area (Å²) < 4.78 is 26.6. The Hall–Kier alpha value is -2.14. The van der Waals surface area contributed by atoms with Crippen LogP contribution in [-0.2, 0) is 0 Å². The van der Waals surface area contributed by atoms with Crippen molar-refractivity contribution in [2.24, 2.45) is 0 Å². The van der Waals surface area contributed by atoms with E-state index in [-0.39, 0.29) is 22.0 Å². The van der Waals surface area contributed by atoms with Gasteiger partial charge in [0, 0.05) is 6.07 Å². The Labute approximate surface area is 119 Å². The minimum atomic E-state index is -0.908. The fourth-order valence-electron chi connectivity index (χ4n) is 1.67. The van der Waals surface area contributed by atoms with Crippen LogP contribution in [0.4, 0.5) is 20.2 Å². The van der Waals surface area contributed by atoms with E-state index in [0.717, 1.165) is 11.6 Å². The van der Waals surface area contributed by atoms with E-state index >= 15 is 0 Å². The molecular formula is C14H11ClF2N2O. The average Bonchev–Trinajstić information content (AvgIpc) is 2.39. The number of nitrogen functional groups attached to an aromatic ring is 1. The maximum absolute atomic E-state index is 13.5. The van der Waals surface area contributed by atoms with Crippen molar-refractivity contribution in [2.45, 2.75) is 6.92 Å². The molecule has 2 aromatic carbocycles. The van der Waals surface area contributed by atoms with Gasteiger partial charge < -0.3 is 11.1 Å². The van der Waals surface area contributed by atoms with Crippen LogP contribution >= 0.6 is 11.6 Å². The van der Waals surface area contributed by atoms with Crippen molar-refractivity contribution < 1.29 is 13.6 Å². The summed E-state index contributed by atoms with van der Waals surface area (Å²) >= 11 is 6.01. The molecule has 0 atom stereocenters. The summed E-state index contributed by atoms with van der Waals surface area (Å²) in [5.41, 5.74) is 5.81. The monoisotopic (exact) mass is 296 g/mol. The standard InChI is InChI=1S/C14H11ClF2N2O/c1-7-3-2-4-8(13(7)15)14(20)19-12-6-11(18)9(16)5-10(12)17/h2-6H,18H2,1H3,(H,19,20). The topological polar surface area (TPSA) is 55.1 Å². The first-order valence-electron chi connectivity index (χ1n) is 5.71. The van der Waals surface area contributed by atoms with Crippen LogP contribution in [0.25, 0.3) is 0 Å². The van der Waals surface area contributed by atoms with Gasteiger partial charge in [0.2, 0.25) is 0 Å². The number of nitrogens with two attached hydrogens (primary N) is 1. The van der Waals surface area contributed by atoms with E-state index in [2.05, 4.69) is 5.32 Å². The van der Waals surface area contributed by atoms with E-state index in [9.17, 15) is 13.6 Å². The highest BCUT2D eigenvalue weighted by Crippen LogP contribution is 2.24. The Morgan fingerprint density at radius 2 is 1.95 bits per heavy atom. The molecule has 3 nitrogen and oxygen atoms in total. The zero-order chi connectivity index (χ0) is 14.9. The van der Waals surface area contributed by atoms with Gasteiger partial charge in [-0.2, -0.15) is 0 Å². The van der Waals surface area contributed by atoms with Gasteiger partial charge in [0.05, 0.1) is 22.0 Å². The molecule has 1 amide bonds. The second-order valence-corrected chi connectivity index (χ2v) is 4.62. The molecule has 0 fully saturated rings. The van der Waals surface area contributed by atoms with Gasteiger partial charge in [-0.3, -0.25) is 4.79 Å². The lowest BCUT2D eigenvalue weighted by Crippen LogP contribution is -2.14. The second-order valence-electron chi connectivity index (χ2n) is 4.24. The zero-order valence-corrected chi connectivity index (χ0v) is 11.3. The molecule has 0 saturated carbocycles. The number of hydrogen-bond donors (Lipinski definition) is 2. The molecule has 0 bridgehead atoms. The molecule has 0 spiro atoms. The number of aryl methyl sites for hydroxylation is 1. The Morgan fingerprint density at radius 1 is 1.25 bits per heavy atom. The van der Waals surface area contributed by atoms with Crippen LogP contribution in [0.2, 0.25) is 5.02 Å². The molecule has 0 unspecified atom stereocenters. The molecule has 20 heavy (non-hydrogen) atoms. The molecule has 0 radical (unpaired) electrons. The van der Waals surface area contributed by atoms with Gasteiger partial charge in [-0.25, -0.2) is 8.78 Å². The predicted octanol–water partition coefficient (Wildman–Crippen LogP) is 3.76. The van der Waals surface area contributed by atoms with E-state index in [1.165, 1.54) is 6.07 Å². The average molecular weight is 297 g/mol. The predicted molar refractivity (Wildman–Crippen MR) is 74.9 cm³/mol. The fourth-order valence-corrected chi connectivity index (χ4v) is 1.89. The normalized spacial score (nSPS) is 10.4. The Balaban J connectivity index is 2.33. The lowest BCUT2D eigenvalue weighted by atomic mass is 10.1. The highest BCUT2D eigenvalue weighted by Gasteiger charge is 2.15. The molecule has 104 valence electrons. The first-order chi connectivity index (χ1) is 9.40. The summed E-state index contributed by atoms with van der Waals surface area (Å²) in [6.45, 7) is 1.75. The Kier molecular flexibility index (Phi) is 3.90. The molecule has 2 rings (SSSR count). The summed E-state index contributed by atoms with van der Waals surface area (Å²) in [7, 11) is 0. The minimum absolute atomic E-state index is 0.202. The molecule has 6 heteroatoms. The first-order valence-corrected chi connectivity index (χ1v) is 6.09. The fraction of sp³-hybridized carbons (Fsp3) is 0.0714. The van der Waals surface area contributed by atoms with E-state index in [1.54, 1.807) is 19.1 Å². The third kappa shape index (κ3) is 2.72. The Morgan fingerprint density at radius 3 is 2.65 bits per heavy atom. The molecule has 0 saturated heterocycles. The number of hydrogen-bond acceptors (Lipinski definition) is 2. The van der Waals surface area contributed by atoms with Crippen LogP contribution in [0.3, 0.4) is 0 Å². The molecular weight excluding hydrogens is 286 g/mol. The van der Waals surface area contributed by atoms with Gasteiger partial charge in [-0.15, -0.1) is 0 Å². The molecule has 3 N–H and O–H groups in total. The summed E-state index contributed by atoms with van der Waals surface area (Å²) in [6, 6.07) is 6.55. The summed E-state index contributed by atoms with van der Waals surface area (Å²) in [4.78, 5) is 12.0. The van der Waals surface area contributed by atoms with Gasteiger partial charge in [0.1, 0.15) is 11.6 Å². The maximum Gasteiger partial charge on any atom is 0.257 e. The van der Waals surface area contributed by atoms with Crippen LogP contribution in [0.1, 0.15) is 15.9 Å². The Bertz CT molecular complexity index is 689. The lowest BCUT2D eigenvalue weighted by Gasteiger charge is -2.10. The largest absolute Gasteiger partial charge is 0.396 e. The van der Waals surface area contributed by atoms with Crippen molar-refractivity contribution in [1.82, 2.24) is 0 Å². The summed E-state index contributed by atoms with van der Waals surface area (Å²) in [6.07, 6.45) is 0. The van der Waals surface area contributed by atoms with Gasteiger partial charge in [0.15, 0.2) is 0 Å². The number of benzene rings is 2. The van der Waals surface area contributed by atoms with Crippen LogP contribution < -0.4 is 11.1 Å². The zero-order valence-electron chi connectivity index (χ0n) is 10.5. The molecule has 0 heterocycles. The van der Waals surface area contributed by atoms with Crippen molar-refractivity contribution in [3.8, 4) is 0 Å². The van der Waals surface area contributed by atoms with Crippen LogP contribution in [0.5, 0.6) is 0 Å². The van der Waals surface area contributed by atoms with Crippen LogP contribution in [0.15, 0.2) is 30.3 Å². The molecule has 0 aliphatic rings. The highest BCUT2D eigenvalue weighted by atomic mass is 35.5. The third-order valence-electron chi connectivity index (χ3n) is 2.77. The van der Waals surface area contributed by atoms with E-state index in [1.807, 2.05) is 0 Å². The van der Waals surface area contributed by atoms with Crippen LogP contribution in [-0.4, -0.2) is 5.91 Å². The van der Waals surface area contributed by atoms with Crippen molar-refractivity contribution in [3.63, 3.8) is 0 Å². The van der Waals surface area contributed by atoms with Gasteiger partial charge in [0.25, 0.3) is 5.91 Å². The number of carbonyl (C=O) groups is 1. The van der Waals surface area contributed by atoms with Gasteiger partial charge in [-0.1, -0.05) is 23.7 Å². The number of rotatable bonds is 2. The molecule has 0 aliphatic carbocycles. The van der Waals surface area contributed by atoms with Crippen molar-refractivity contribution in [2.75, 3.05) is 11.1 Å². The van der Waals surface area contributed by atoms with Crippen molar-refractivity contribution in [3.05, 3.63) is 58.1 Å². The van der Waals surface area contributed by atoms with Crippen molar-refractivity contribution in [1.29, 1.82) is 0 Å². The molecule has 0 aromatic heterocycles. The van der Waals surface area contributed by atoms with E-state index in [4.69, 9.17) is 17.3 Å². The number of nitrogens with one attached hydrogen (secondary N) is 1. The van der Waals surface area contributed by atoms with Crippen LogP contribution in [0, 0.1) is 18.6 Å². The van der Waals surface area contributed by atoms with E-state index in [0.29, 0.717) is 6.07 Å². The summed E-state index contributed by atoms with van der Waals surface area (Å²) in [5.74, 6) is -2.38. The third-order valence-corrected chi connectivity index (χ3v) is 3.27. The highest BCUT2D eigenvalue weighted by molar-refractivity contribution is 6.35. The smallest absolute Gasteiger partial charge is 0.257 e. The number of amides is 1. The van der Waals surface area contributed by atoms with E-state index < -0.39 is 17.5 Å². The number of anilines is 2. The van der Waals surface area contributed by atoms with Gasteiger partial charge in [-0.05, 0) is 24.6 Å². The number of carbonyl (C=O) groups excluding carboxylic acids is 1. The molecule has 0 aliphatic heterocycles. The van der Waals surface area contributed by atoms with Crippen molar-refractivity contribution >= 4 is 28.9 Å². The SMILES string of the molecule is Cc1cccc(C(=O)Nc2cc(N)c(F)cc2F)c1Cl. The lowest BCUT2D eigenvalue weighted by molar-refractivity contribution is 0.102. The molecule has 2 aromatic rings.